The zero-order valence-corrected chi connectivity index (χ0v) is 14.0. The van der Waals surface area contributed by atoms with E-state index in [0.717, 1.165) is 48.9 Å². The Bertz CT molecular complexity index is 908. The number of para-hydroxylation sites is 2. The van der Waals surface area contributed by atoms with Gasteiger partial charge in [0.2, 0.25) is 5.89 Å². The molecular weight excluding hydrogens is 320 g/mol. The number of rotatable bonds is 3. The fraction of sp³-hybridized carbons (Fsp3) is 0.353. The predicted molar refractivity (Wildman–Crippen MR) is 95.5 cm³/mol. The molecule has 3 N–H and O–H groups in total. The van der Waals surface area contributed by atoms with Crippen molar-refractivity contribution in [1.82, 2.24) is 19.9 Å². The van der Waals surface area contributed by atoms with Crippen LogP contribution >= 0.6 is 0 Å². The summed E-state index contributed by atoms with van der Waals surface area (Å²) in [6, 6.07) is 7.89. The monoisotopic (exact) mass is 340 g/mol. The highest BCUT2D eigenvalue weighted by Gasteiger charge is 2.26. The lowest BCUT2D eigenvalue weighted by atomic mass is 10.2. The molecule has 8 heteroatoms. The minimum absolute atomic E-state index is 0.0978. The van der Waals surface area contributed by atoms with Gasteiger partial charge in [0.05, 0.1) is 17.9 Å². The Morgan fingerprint density at radius 2 is 2.00 bits per heavy atom. The molecule has 0 aliphatic carbocycles. The van der Waals surface area contributed by atoms with Gasteiger partial charge in [-0.1, -0.05) is 12.1 Å². The van der Waals surface area contributed by atoms with Gasteiger partial charge in [-0.25, -0.2) is 9.78 Å². The maximum atomic E-state index is 11.2. The Morgan fingerprint density at radius 3 is 2.72 bits per heavy atom. The first kappa shape index (κ1) is 15.6. The van der Waals surface area contributed by atoms with Crippen LogP contribution in [0.3, 0.4) is 0 Å². The molecule has 0 bridgehead atoms. The summed E-state index contributed by atoms with van der Waals surface area (Å²) in [4.78, 5) is 26.6. The second-order valence-corrected chi connectivity index (χ2v) is 6.21. The molecule has 1 aliphatic heterocycles. The van der Waals surface area contributed by atoms with Crippen LogP contribution in [0.2, 0.25) is 0 Å². The van der Waals surface area contributed by atoms with Crippen molar-refractivity contribution >= 4 is 22.6 Å². The predicted octanol–water partition coefficient (Wildman–Crippen LogP) is 1.38. The third-order valence-electron chi connectivity index (χ3n) is 4.69. The molecule has 1 aliphatic rings. The standard InChI is InChI=1S/C17H20N6O2/c1-11(16-20-12-4-2-3-5-14(12)25-16)22-6-8-23(9-7-22)13-10-19-17(24)21-15(13)18/h2-5,10-11H,6-9H2,1H3,(H3,18,19,21,24)/t11-/m1/s1. The van der Waals surface area contributed by atoms with Crippen molar-refractivity contribution in [2.24, 2.45) is 0 Å². The Labute approximate surface area is 144 Å². The number of nitrogen functional groups attached to an aromatic ring is 1. The van der Waals surface area contributed by atoms with E-state index < -0.39 is 5.69 Å². The summed E-state index contributed by atoms with van der Waals surface area (Å²) in [5.74, 6) is 1.10. The fourth-order valence-electron chi connectivity index (χ4n) is 3.23. The number of H-pyrrole nitrogens is 1. The number of piperazine rings is 1. The van der Waals surface area contributed by atoms with Gasteiger partial charge in [-0.05, 0) is 19.1 Å². The molecule has 8 nitrogen and oxygen atoms in total. The van der Waals surface area contributed by atoms with Crippen molar-refractivity contribution in [1.29, 1.82) is 0 Å². The molecule has 3 aromatic rings. The second-order valence-electron chi connectivity index (χ2n) is 6.21. The van der Waals surface area contributed by atoms with Crippen LogP contribution < -0.4 is 16.3 Å². The van der Waals surface area contributed by atoms with Crippen LogP contribution in [-0.4, -0.2) is 46.0 Å². The molecule has 0 amide bonds. The second kappa shape index (κ2) is 6.21. The van der Waals surface area contributed by atoms with Crippen LogP contribution in [0.15, 0.2) is 39.7 Å². The first-order valence-corrected chi connectivity index (χ1v) is 8.31. The summed E-state index contributed by atoms with van der Waals surface area (Å²) in [5.41, 5.74) is 7.95. The molecule has 4 rings (SSSR count). The lowest BCUT2D eigenvalue weighted by molar-refractivity contribution is 0.175. The van der Waals surface area contributed by atoms with Crippen molar-refractivity contribution in [3.8, 4) is 0 Å². The molecule has 1 fully saturated rings. The molecule has 0 saturated carbocycles. The fourth-order valence-corrected chi connectivity index (χ4v) is 3.23. The highest BCUT2D eigenvalue weighted by atomic mass is 16.3. The van der Waals surface area contributed by atoms with Crippen molar-refractivity contribution in [2.75, 3.05) is 36.8 Å². The van der Waals surface area contributed by atoms with Gasteiger partial charge in [-0.15, -0.1) is 0 Å². The largest absolute Gasteiger partial charge is 0.439 e. The van der Waals surface area contributed by atoms with Crippen molar-refractivity contribution < 1.29 is 4.42 Å². The quantitative estimate of drug-likeness (QED) is 0.742. The van der Waals surface area contributed by atoms with E-state index in [1.807, 2.05) is 24.3 Å². The maximum Gasteiger partial charge on any atom is 0.346 e. The van der Waals surface area contributed by atoms with E-state index in [4.69, 9.17) is 10.2 Å². The van der Waals surface area contributed by atoms with Gasteiger partial charge in [0.15, 0.2) is 5.58 Å². The average molecular weight is 340 g/mol. The van der Waals surface area contributed by atoms with Crippen molar-refractivity contribution in [3.05, 3.63) is 46.8 Å². The number of benzene rings is 1. The molecule has 1 atom stereocenters. The summed E-state index contributed by atoms with van der Waals surface area (Å²) >= 11 is 0. The summed E-state index contributed by atoms with van der Waals surface area (Å²) in [5, 5.41) is 0. The van der Waals surface area contributed by atoms with E-state index in [9.17, 15) is 4.79 Å². The molecule has 0 unspecified atom stereocenters. The van der Waals surface area contributed by atoms with E-state index in [2.05, 4.69) is 31.7 Å². The smallest absolute Gasteiger partial charge is 0.346 e. The molecule has 1 aromatic carbocycles. The number of nitrogens with two attached hydrogens (primary N) is 1. The Balaban J connectivity index is 1.46. The summed E-state index contributed by atoms with van der Waals surface area (Å²) in [6.45, 7) is 5.39. The number of hydrogen-bond donors (Lipinski definition) is 2. The van der Waals surface area contributed by atoms with Crippen LogP contribution in [0.5, 0.6) is 0 Å². The van der Waals surface area contributed by atoms with Crippen LogP contribution in [-0.2, 0) is 0 Å². The van der Waals surface area contributed by atoms with Crippen LogP contribution in [0, 0.1) is 0 Å². The first-order valence-electron chi connectivity index (χ1n) is 8.31. The number of anilines is 2. The van der Waals surface area contributed by atoms with Gasteiger partial charge < -0.3 is 15.1 Å². The Morgan fingerprint density at radius 1 is 1.24 bits per heavy atom. The minimum Gasteiger partial charge on any atom is -0.439 e. The lowest BCUT2D eigenvalue weighted by Gasteiger charge is -2.38. The number of oxazole rings is 1. The molecular formula is C17H20N6O2. The van der Waals surface area contributed by atoms with Crippen LogP contribution in [0.4, 0.5) is 11.5 Å². The highest BCUT2D eigenvalue weighted by molar-refractivity contribution is 5.72. The third kappa shape index (κ3) is 2.96. The zero-order valence-electron chi connectivity index (χ0n) is 14.0. The number of fused-ring (bicyclic) bond motifs is 1. The lowest BCUT2D eigenvalue weighted by Crippen LogP contribution is -2.47. The van der Waals surface area contributed by atoms with Gasteiger partial charge in [-0.2, -0.15) is 4.98 Å². The molecule has 2 aromatic heterocycles. The zero-order chi connectivity index (χ0) is 17.4. The normalized spacial score (nSPS) is 17.1. The van der Waals surface area contributed by atoms with E-state index in [1.54, 1.807) is 0 Å². The van der Waals surface area contributed by atoms with E-state index in [-0.39, 0.29) is 6.04 Å². The van der Waals surface area contributed by atoms with E-state index in [1.165, 1.54) is 6.20 Å². The highest BCUT2D eigenvalue weighted by Crippen LogP contribution is 2.26. The summed E-state index contributed by atoms with van der Waals surface area (Å²) in [6.07, 6.45) is 1.54. The van der Waals surface area contributed by atoms with E-state index in [0.29, 0.717) is 5.82 Å². The number of nitrogens with one attached hydrogen (secondary N) is 1. The molecule has 25 heavy (non-hydrogen) atoms. The Kier molecular flexibility index (Phi) is 3.89. The van der Waals surface area contributed by atoms with Gasteiger partial charge >= 0.3 is 5.69 Å². The maximum absolute atomic E-state index is 11.2. The van der Waals surface area contributed by atoms with Crippen molar-refractivity contribution in [3.63, 3.8) is 0 Å². The Hall–Kier alpha value is -2.87. The number of aromatic nitrogens is 3. The van der Waals surface area contributed by atoms with E-state index >= 15 is 0 Å². The van der Waals surface area contributed by atoms with Crippen molar-refractivity contribution in [2.45, 2.75) is 13.0 Å². The molecule has 130 valence electrons. The first-order chi connectivity index (χ1) is 12.1. The average Bonchev–Trinajstić information content (AvgIpc) is 3.05. The van der Waals surface area contributed by atoms with Gasteiger partial charge in [0.25, 0.3) is 0 Å². The number of nitrogens with zero attached hydrogens (tertiary/aromatic N) is 4. The van der Waals surface area contributed by atoms with Crippen LogP contribution in [0.25, 0.3) is 11.1 Å². The molecule has 0 spiro atoms. The molecule has 0 radical (unpaired) electrons. The molecule has 1 saturated heterocycles. The third-order valence-corrected chi connectivity index (χ3v) is 4.69. The molecule has 3 heterocycles. The topological polar surface area (TPSA) is 104 Å². The summed E-state index contributed by atoms with van der Waals surface area (Å²) in [7, 11) is 0. The van der Waals surface area contributed by atoms with Gasteiger partial charge in [-0.3, -0.25) is 9.88 Å². The number of aromatic amines is 1. The summed E-state index contributed by atoms with van der Waals surface area (Å²) < 4.78 is 5.89. The SMILES string of the molecule is C[C@H](c1nc2ccccc2o1)N1CCN(c2cnc(=O)[nH]c2N)CC1. The van der Waals surface area contributed by atoms with Gasteiger partial charge in [0, 0.05) is 26.2 Å². The van der Waals surface area contributed by atoms with Crippen LogP contribution in [0.1, 0.15) is 18.9 Å². The number of hydrogen-bond acceptors (Lipinski definition) is 7. The van der Waals surface area contributed by atoms with Gasteiger partial charge in [0.1, 0.15) is 11.3 Å². The minimum atomic E-state index is -0.426.